The second-order valence-corrected chi connectivity index (χ2v) is 7.29. The zero-order valence-corrected chi connectivity index (χ0v) is 14.7. The topological polar surface area (TPSA) is 29.1 Å². The number of aryl methyl sites for hydroxylation is 2. The molecule has 0 aromatic heterocycles. The van der Waals surface area contributed by atoms with Crippen LogP contribution in [0.15, 0.2) is 51.8 Å². The van der Waals surface area contributed by atoms with Crippen molar-refractivity contribution in [2.45, 2.75) is 30.9 Å². The third-order valence-corrected chi connectivity index (χ3v) is 5.13. The van der Waals surface area contributed by atoms with E-state index in [1.807, 2.05) is 44.2 Å². The van der Waals surface area contributed by atoms with Crippen LogP contribution in [0.2, 0.25) is 0 Å². The van der Waals surface area contributed by atoms with Crippen LogP contribution in [0.1, 0.15) is 18.1 Å². The van der Waals surface area contributed by atoms with Gasteiger partial charge in [0.2, 0.25) is 5.91 Å². The van der Waals surface area contributed by atoms with Crippen molar-refractivity contribution in [3.63, 3.8) is 0 Å². The first-order valence-electron chi connectivity index (χ1n) is 6.76. The number of anilines is 1. The quantitative estimate of drug-likeness (QED) is 0.757. The number of benzene rings is 2. The average molecular weight is 364 g/mol. The van der Waals surface area contributed by atoms with Gasteiger partial charge in [-0.3, -0.25) is 4.79 Å². The molecule has 0 spiro atoms. The number of hydrogen-bond acceptors (Lipinski definition) is 2. The molecule has 2 aromatic rings. The first kappa shape index (κ1) is 16.1. The van der Waals surface area contributed by atoms with Crippen LogP contribution in [-0.2, 0) is 4.79 Å². The van der Waals surface area contributed by atoms with E-state index in [9.17, 15) is 4.79 Å². The fourth-order valence-electron chi connectivity index (χ4n) is 1.84. The lowest BCUT2D eigenvalue weighted by molar-refractivity contribution is -0.115. The Labute approximate surface area is 138 Å². The van der Waals surface area contributed by atoms with Crippen LogP contribution in [-0.4, -0.2) is 11.2 Å². The minimum absolute atomic E-state index is 0.0160. The number of carbonyl (C=O) groups is 1. The minimum Gasteiger partial charge on any atom is -0.325 e. The molecule has 0 aliphatic heterocycles. The molecule has 2 nitrogen and oxygen atoms in total. The lowest BCUT2D eigenvalue weighted by atomic mass is 10.2. The number of hydrogen-bond donors (Lipinski definition) is 1. The van der Waals surface area contributed by atoms with Gasteiger partial charge in [0, 0.05) is 15.1 Å². The van der Waals surface area contributed by atoms with E-state index in [4.69, 9.17) is 0 Å². The average Bonchev–Trinajstić information content (AvgIpc) is 2.45. The Morgan fingerprint density at radius 1 is 1.14 bits per heavy atom. The van der Waals surface area contributed by atoms with Crippen molar-refractivity contribution in [2.75, 3.05) is 5.32 Å². The van der Waals surface area contributed by atoms with Crippen LogP contribution >= 0.6 is 27.7 Å². The van der Waals surface area contributed by atoms with Gasteiger partial charge in [0.1, 0.15) is 0 Å². The van der Waals surface area contributed by atoms with Crippen molar-refractivity contribution in [3.05, 3.63) is 58.1 Å². The molecule has 4 heteroatoms. The van der Waals surface area contributed by atoms with Crippen molar-refractivity contribution in [3.8, 4) is 0 Å². The smallest absolute Gasteiger partial charge is 0.237 e. The van der Waals surface area contributed by atoms with Crippen LogP contribution in [0.4, 0.5) is 5.69 Å². The highest BCUT2D eigenvalue weighted by molar-refractivity contribution is 9.10. The normalized spacial score (nSPS) is 12.0. The maximum absolute atomic E-state index is 12.2. The molecule has 2 rings (SSSR count). The van der Waals surface area contributed by atoms with Gasteiger partial charge in [-0.25, -0.2) is 0 Å². The summed E-state index contributed by atoms with van der Waals surface area (Å²) >= 11 is 5.02. The highest BCUT2D eigenvalue weighted by Crippen LogP contribution is 2.25. The third kappa shape index (κ3) is 4.61. The van der Waals surface area contributed by atoms with Gasteiger partial charge in [-0.15, -0.1) is 11.8 Å². The largest absolute Gasteiger partial charge is 0.325 e. The first-order chi connectivity index (χ1) is 9.95. The molecule has 0 radical (unpaired) electrons. The van der Waals surface area contributed by atoms with E-state index in [0.29, 0.717) is 0 Å². The molecule has 0 fully saturated rings. The molecule has 0 saturated carbocycles. The predicted molar refractivity (Wildman–Crippen MR) is 94.0 cm³/mol. The minimum atomic E-state index is -0.142. The molecule has 1 amide bonds. The Bertz CT molecular complexity index is 640. The number of nitrogens with one attached hydrogen (secondary N) is 1. The SMILES string of the molecule is Cc1ccc(S[C@@H](C)C(=O)Nc2ccc(Br)c(C)c2)cc1. The van der Waals surface area contributed by atoms with Crippen molar-refractivity contribution in [1.82, 2.24) is 0 Å². The van der Waals surface area contributed by atoms with Crippen molar-refractivity contribution in [1.29, 1.82) is 0 Å². The van der Waals surface area contributed by atoms with Gasteiger partial charge in [0.15, 0.2) is 0 Å². The molecule has 0 saturated heterocycles. The van der Waals surface area contributed by atoms with Crippen molar-refractivity contribution in [2.24, 2.45) is 0 Å². The number of thioether (sulfide) groups is 1. The van der Waals surface area contributed by atoms with Crippen LogP contribution in [0.5, 0.6) is 0 Å². The number of amides is 1. The molecule has 0 unspecified atom stereocenters. The van der Waals surface area contributed by atoms with E-state index >= 15 is 0 Å². The Hall–Kier alpha value is -1.26. The number of rotatable bonds is 4. The van der Waals surface area contributed by atoms with Gasteiger partial charge in [0.05, 0.1) is 5.25 Å². The molecule has 2 aromatic carbocycles. The Morgan fingerprint density at radius 3 is 2.43 bits per heavy atom. The molecule has 21 heavy (non-hydrogen) atoms. The Kier molecular flexibility index (Phi) is 5.48. The number of carbonyl (C=O) groups excluding carboxylic acids is 1. The summed E-state index contributed by atoms with van der Waals surface area (Å²) in [6.07, 6.45) is 0. The van der Waals surface area contributed by atoms with Crippen LogP contribution < -0.4 is 5.32 Å². The maximum atomic E-state index is 12.2. The summed E-state index contributed by atoms with van der Waals surface area (Å²) in [6, 6.07) is 14.0. The summed E-state index contributed by atoms with van der Waals surface area (Å²) in [5.41, 5.74) is 3.16. The molecular weight excluding hydrogens is 346 g/mol. The van der Waals surface area contributed by atoms with E-state index in [2.05, 4.69) is 40.3 Å². The lowest BCUT2D eigenvalue weighted by Crippen LogP contribution is -2.22. The van der Waals surface area contributed by atoms with Gasteiger partial charge in [-0.1, -0.05) is 33.6 Å². The van der Waals surface area contributed by atoms with Gasteiger partial charge in [-0.05, 0) is 56.7 Å². The van der Waals surface area contributed by atoms with Gasteiger partial charge in [0.25, 0.3) is 0 Å². The van der Waals surface area contributed by atoms with Crippen LogP contribution in [0, 0.1) is 13.8 Å². The summed E-state index contributed by atoms with van der Waals surface area (Å²) in [5, 5.41) is 2.82. The van der Waals surface area contributed by atoms with E-state index < -0.39 is 0 Å². The van der Waals surface area contributed by atoms with E-state index in [1.165, 1.54) is 5.56 Å². The summed E-state index contributed by atoms with van der Waals surface area (Å²) < 4.78 is 1.04. The number of halogens is 1. The highest BCUT2D eigenvalue weighted by Gasteiger charge is 2.14. The van der Waals surface area contributed by atoms with Gasteiger partial charge >= 0.3 is 0 Å². The second-order valence-electron chi connectivity index (χ2n) is 5.03. The van der Waals surface area contributed by atoms with E-state index in [-0.39, 0.29) is 11.2 Å². The van der Waals surface area contributed by atoms with E-state index in [0.717, 1.165) is 20.6 Å². The molecule has 0 aliphatic carbocycles. The summed E-state index contributed by atoms with van der Waals surface area (Å²) in [5.74, 6) is 0.0160. The summed E-state index contributed by atoms with van der Waals surface area (Å²) in [4.78, 5) is 13.3. The fraction of sp³-hybridized carbons (Fsp3) is 0.235. The molecule has 0 bridgehead atoms. The van der Waals surface area contributed by atoms with Gasteiger partial charge < -0.3 is 5.32 Å². The molecule has 1 N–H and O–H groups in total. The van der Waals surface area contributed by atoms with Crippen LogP contribution in [0.25, 0.3) is 0 Å². The first-order valence-corrected chi connectivity index (χ1v) is 8.43. The van der Waals surface area contributed by atoms with E-state index in [1.54, 1.807) is 11.8 Å². The lowest BCUT2D eigenvalue weighted by Gasteiger charge is -2.13. The summed E-state index contributed by atoms with van der Waals surface area (Å²) in [7, 11) is 0. The monoisotopic (exact) mass is 363 g/mol. The predicted octanol–water partition coefficient (Wildman–Crippen LogP) is 5.19. The highest BCUT2D eigenvalue weighted by atomic mass is 79.9. The molecule has 0 heterocycles. The van der Waals surface area contributed by atoms with Gasteiger partial charge in [-0.2, -0.15) is 0 Å². The zero-order valence-electron chi connectivity index (χ0n) is 12.3. The molecule has 110 valence electrons. The molecule has 0 aliphatic rings. The van der Waals surface area contributed by atoms with Crippen molar-refractivity contribution >= 4 is 39.3 Å². The van der Waals surface area contributed by atoms with Crippen molar-refractivity contribution < 1.29 is 4.79 Å². The summed E-state index contributed by atoms with van der Waals surface area (Å²) in [6.45, 7) is 5.98. The molecule has 1 atom stereocenters. The zero-order chi connectivity index (χ0) is 15.4. The standard InChI is InChI=1S/C17H18BrNOS/c1-11-4-7-15(8-5-11)21-13(3)17(20)19-14-6-9-16(18)12(2)10-14/h4-10,13H,1-3H3,(H,19,20)/t13-/m0/s1. The maximum Gasteiger partial charge on any atom is 0.237 e. The Balaban J connectivity index is 1.98. The van der Waals surface area contributed by atoms with Crippen LogP contribution in [0.3, 0.4) is 0 Å². The Morgan fingerprint density at radius 2 is 1.81 bits per heavy atom. The second kappa shape index (κ2) is 7.14. The third-order valence-electron chi connectivity index (χ3n) is 3.13. The fourth-order valence-corrected chi connectivity index (χ4v) is 2.95. The molecular formula is C17H18BrNOS.